The zero-order valence-corrected chi connectivity index (χ0v) is 16.6. The van der Waals surface area contributed by atoms with Crippen LogP contribution in [0.3, 0.4) is 0 Å². The minimum atomic E-state index is -0.730. The number of ketones is 1. The van der Waals surface area contributed by atoms with E-state index in [0.717, 1.165) is 16.8 Å². The highest BCUT2D eigenvalue weighted by molar-refractivity contribution is 6.36. The smallest absolute Gasteiger partial charge is 0.211 e. The summed E-state index contributed by atoms with van der Waals surface area (Å²) in [7, 11) is 2.00. The van der Waals surface area contributed by atoms with Gasteiger partial charge in [0, 0.05) is 28.9 Å². The van der Waals surface area contributed by atoms with E-state index < -0.39 is 11.1 Å². The molecule has 1 spiro atoms. The average Bonchev–Trinajstić information content (AvgIpc) is 2.73. The number of ether oxygens (including phenoxy) is 1. The lowest BCUT2D eigenvalue weighted by molar-refractivity contribution is 0.0581. The molecule has 4 rings (SSSR count). The Kier molecular flexibility index (Phi) is 3.70. The summed E-state index contributed by atoms with van der Waals surface area (Å²) < 4.78 is 6.54. The van der Waals surface area contributed by atoms with E-state index in [0.29, 0.717) is 21.4 Å². The maximum Gasteiger partial charge on any atom is 0.211 e. The molecule has 0 aliphatic carbocycles. The van der Waals surface area contributed by atoms with Crippen molar-refractivity contribution in [1.82, 2.24) is 0 Å². The van der Waals surface area contributed by atoms with Crippen LogP contribution in [0.4, 0.5) is 5.69 Å². The molecule has 2 heterocycles. The Labute approximate surface area is 163 Å². The first-order valence-electron chi connectivity index (χ1n) is 8.44. The van der Waals surface area contributed by atoms with Crippen LogP contribution >= 0.6 is 23.2 Å². The number of carbonyl (C=O) groups is 1. The van der Waals surface area contributed by atoms with Crippen LogP contribution in [0.1, 0.15) is 42.3 Å². The second kappa shape index (κ2) is 5.51. The third-order valence-electron chi connectivity index (χ3n) is 5.63. The highest BCUT2D eigenvalue weighted by Gasteiger charge is 2.57. The average molecular weight is 388 g/mol. The van der Waals surface area contributed by atoms with Crippen LogP contribution in [-0.2, 0) is 5.41 Å². The summed E-state index contributed by atoms with van der Waals surface area (Å²) >= 11 is 12.5. The van der Waals surface area contributed by atoms with Gasteiger partial charge in [0.2, 0.25) is 5.72 Å². The van der Waals surface area contributed by atoms with Crippen LogP contribution in [0.25, 0.3) is 6.08 Å². The minimum Gasteiger partial charge on any atom is -0.463 e. The molecule has 0 fully saturated rings. The second-order valence-electron chi connectivity index (χ2n) is 7.40. The van der Waals surface area contributed by atoms with Gasteiger partial charge in [-0.2, -0.15) is 0 Å². The Balaban J connectivity index is 1.89. The van der Waals surface area contributed by atoms with Gasteiger partial charge in [0.05, 0.1) is 10.4 Å². The highest BCUT2D eigenvalue weighted by Crippen LogP contribution is 2.55. The number of likely N-dealkylation sites (N-methyl/N-ethyl adjacent to an activating group) is 1. The number of hydrogen-bond donors (Lipinski definition) is 0. The lowest BCUT2D eigenvalue weighted by atomic mass is 9.76. The van der Waals surface area contributed by atoms with Crippen molar-refractivity contribution in [3.05, 3.63) is 63.1 Å². The number of hydrogen-bond acceptors (Lipinski definition) is 3. The molecule has 3 nitrogen and oxygen atoms in total. The van der Waals surface area contributed by atoms with Gasteiger partial charge in [-0.25, -0.2) is 0 Å². The molecule has 0 aromatic heterocycles. The van der Waals surface area contributed by atoms with Gasteiger partial charge in [-0.1, -0.05) is 23.2 Å². The predicted octanol–water partition coefficient (Wildman–Crippen LogP) is 5.73. The number of fused-ring (bicyclic) bond motifs is 2. The molecule has 1 atom stereocenters. The van der Waals surface area contributed by atoms with Crippen molar-refractivity contribution in [3.63, 3.8) is 0 Å². The number of anilines is 1. The fraction of sp³-hybridized carbons (Fsp3) is 0.286. The van der Waals surface area contributed by atoms with E-state index in [-0.39, 0.29) is 5.78 Å². The van der Waals surface area contributed by atoms with Gasteiger partial charge in [-0.05, 0) is 68.8 Å². The molecule has 2 aromatic carbocycles. The number of benzene rings is 2. The molecular weight excluding hydrogens is 369 g/mol. The molecule has 5 heteroatoms. The van der Waals surface area contributed by atoms with Crippen molar-refractivity contribution in [1.29, 1.82) is 0 Å². The number of nitrogens with zero attached hydrogens (tertiary/aromatic N) is 1. The molecule has 0 radical (unpaired) electrons. The lowest BCUT2D eigenvalue weighted by Gasteiger charge is -2.45. The van der Waals surface area contributed by atoms with Crippen LogP contribution in [0.15, 0.2) is 36.4 Å². The molecular formula is C21H19Cl2NO2. The maximum atomic E-state index is 11.9. The van der Waals surface area contributed by atoms with E-state index in [4.69, 9.17) is 27.9 Å². The van der Waals surface area contributed by atoms with Crippen LogP contribution in [0, 0.1) is 0 Å². The van der Waals surface area contributed by atoms with E-state index in [1.807, 2.05) is 37.4 Å². The van der Waals surface area contributed by atoms with E-state index in [9.17, 15) is 4.79 Å². The Morgan fingerprint density at radius 3 is 2.58 bits per heavy atom. The summed E-state index contributed by atoms with van der Waals surface area (Å²) in [5.74, 6) is 0.709. The predicted molar refractivity (Wildman–Crippen MR) is 107 cm³/mol. The summed E-state index contributed by atoms with van der Waals surface area (Å²) in [5, 5.41) is 1.10. The van der Waals surface area contributed by atoms with Gasteiger partial charge < -0.3 is 9.64 Å². The normalized spacial score (nSPS) is 22.2. The highest BCUT2D eigenvalue weighted by atomic mass is 35.5. The number of carbonyl (C=O) groups excluding carboxylic acids is 1. The van der Waals surface area contributed by atoms with Crippen molar-refractivity contribution >= 4 is 40.7 Å². The maximum absolute atomic E-state index is 11.9. The molecule has 2 aliphatic rings. The van der Waals surface area contributed by atoms with Gasteiger partial charge >= 0.3 is 0 Å². The van der Waals surface area contributed by atoms with Gasteiger partial charge in [0.25, 0.3) is 0 Å². The van der Waals surface area contributed by atoms with E-state index in [1.54, 1.807) is 19.1 Å². The monoisotopic (exact) mass is 387 g/mol. The quantitative estimate of drug-likeness (QED) is 0.585. The molecule has 1 unspecified atom stereocenters. The van der Waals surface area contributed by atoms with E-state index >= 15 is 0 Å². The Bertz CT molecular complexity index is 980. The summed E-state index contributed by atoms with van der Waals surface area (Å²) in [6.07, 6.45) is 4.04. The largest absolute Gasteiger partial charge is 0.463 e. The molecule has 2 aliphatic heterocycles. The summed E-state index contributed by atoms with van der Waals surface area (Å²) in [5.41, 5.74) is 2.52. The molecule has 0 saturated carbocycles. The van der Waals surface area contributed by atoms with Gasteiger partial charge in [0.15, 0.2) is 5.78 Å². The first-order valence-corrected chi connectivity index (χ1v) is 9.19. The first kappa shape index (κ1) is 17.4. The Morgan fingerprint density at radius 1 is 1.15 bits per heavy atom. The topological polar surface area (TPSA) is 29.5 Å². The van der Waals surface area contributed by atoms with Crippen LogP contribution in [-0.4, -0.2) is 18.6 Å². The van der Waals surface area contributed by atoms with E-state index in [2.05, 4.69) is 18.7 Å². The summed E-state index contributed by atoms with van der Waals surface area (Å²) in [4.78, 5) is 14.0. The lowest BCUT2D eigenvalue weighted by Crippen LogP contribution is -2.58. The Hall–Kier alpha value is -1.97. The van der Waals surface area contributed by atoms with Gasteiger partial charge in [-0.3, -0.25) is 4.79 Å². The fourth-order valence-electron chi connectivity index (χ4n) is 4.06. The standard InChI is InChI=1S/C21H19Cl2NO2/c1-12(25)13-5-6-18-16(9-13)20(2,3)21(24(18)4)8-7-15-17(23)10-14(22)11-19(15)26-21/h5-11H,1-4H3. The molecule has 26 heavy (non-hydrogen) atoms. The first-order chi connectivity index (χ1) is 12.2. The number of Topliss-reactive ketones (excluding diaryl/α,β-unsaturated/α-hetero) is 1. The minimum absolute atomic E-state index is 0.0521. The summed E-state index contributed by atoms with van der Waals surface area (Å²) in [6, 6.07) is 9.33. The SMILES string of the molecule is CC(=O)c1ccc2c(c1)C(C)(C)C1(C=Cc3c(Cl)cc(Cl)cc3O1)N2C. The molecule has 134 valence electrons. The number of halogens is 2. The van der Waals surface area contributed by atoms with Crippen molar-refractivity contribution in [2.75, 3.05) is 11.9 Å². The van der Waals surface area contributed by atoms with E-state index in [1.165, 1.54) is 0 Å². The molecule has 0 saturated heterocycles. The third-order valence-corrected chi connectivity index (χ3v) is 6.16. The van der Waals surface area contributed by atoms with Crippen molar-refractivity contribution in [2.45, 2.75) is 31.9 Å². The van der Waals surface area contributed by atoms with Crippen LogP contribution < -0.4 is 9.64 Å². The molecule has 0 N–H and O–H groups in total. The summed E-state index contributed by atoms with van der Waals surface area (Å²) in [6.45, 7) is 5.84. The second-order valence-corrected chi connectivity index (χ2v) is 8.25. The van der Waals surface area contributed by atoms with Crippen molar-refractivity contribution in [2.24, 2.45) is 0 Å². The van der Waals surface area contributed by atoms with Gasteiger partial charge in [0.1, 0.15) is 5.75 Å². The Morgan fingerprint density at radius 2 is 1.88 bits per heavy atom. The van der Waals surface area contributed by atoms with Crippen LogP contribution in [0.2, 0.25) is 10.0 Å². The molecule has 0 amide bonds. The van der Waals surface area contributed by atoms with Crippen molar-refractivity contribution in [3.8, 4) is 5.75 Å². The third kappa shape index (κ3) is 2.17. The number of rotatable bonds is 1. The van der Waals surface area contributed by atoms with Crippen LogP contribution in [0.5, 0.6) is 5.75 Å². The zero-order valence-electron chi connectivity index (χ0n) is 15.1. The fourth-order valence-corrected chi connectivity index (χ4v) is 4.60. The molecule has 0 bridgehead atoms. The zero-order chi connectivity index (χ0) is 18.9. The molecule has 2 aromatic rings. The van der Waals surface area contributed by atoms with Crippen molar-refractivity contribution < 1.29 is 9.53 Å². The van der Waals surface area contributed by atoms with Gasteiger partial charge in [-0.15, -0.1) is 0 Å².